The summed E-state index contributed by atoms with van der Waals surface area (Å²) >= 11 is 1.77. The van der Waals surface area contributed by atoms with Crippen LogP contribution in [0.25, 0.3) is 0 Å². The fraction of sp³-hybridized carbons (Fsp3) is 0.625. The summed E-state index contributed by atoms with van der Waals surface area (Å²) in [7, 11) is 0. The average Bonchev–Trinajstić information content (AvgIpc) is 2.90. The summed E-state index contributed by atoms with van der Waals surface area (Å²) in [6.45, 7) is 4.36. The monoisotopic (exact) mass is 306 g/mol. The van der Waals surface area contributed by atoms with E-state index in [1.54, 1.807) is 11.3 Å². The molecule has 2 unspecified atom stereocenters. The van der Waals surface area contributed by atoms with Gasteiger partial charge in [0.1, 0.15) is 12.6 Å². The van der Waals surface area contributed by atoms with Gasteiger partial charge >= 0.3 is 0 Å². The van der Waals surface area contributed by atoms with Crippen LogP contribution in [0, 0.1) is 5.92 Å². The number of aryl methyl sites for hydroxylation is 1. The normalized spacial score (nSPS) is 26.0. The third kappa shape index (κ3) is 2.84. The molecule has 0 bridgehead atoms. The van der Waals surface area contributed by atoms with Gasteiger partial charge in [-0.2, -0.15) is 0 Å². The third-order valence-electron chi connectivity index (χ3n) is 4.33. The van der Waals surface area contributed by atoms with Gasteiger partial charge in [0.2, 0.25) is 11.8 Å². The van der Waals surface area contributed by atoms with Gasteiger partial charge in [-0.25, -0.2) is 0 Å². The standard InChI is InChI=1S/C16H22N2O2S/c1-10(2)8-12-16(20)18(9-15(19)17-12)13-4-3-5-14-11(13)6-7-21-14/h6-7,10,12-13H,3-5,8-9H2,1-2H3,(H,17,19). The highest BCUT2D eigenvalue weighted by Gasteiger charge is 2.38. The van der Waals surface area contributed by atoms with Gasteiger partial charge in [-0.05, 0) is 48.6 Å². The second kappa shape index (κ2) is 5.79. The molecule has 0 saturated carbocycles. The molecule has 5 heteroatoms. The Labute approximate surface area is 129 Å². The number of hydrogen-bond acceptors (Lipinski definition) is 3. The first-order chi connectivity index (χ1) is 10.1. The molecular formula is C16H22N2O2S. The van der Waals surface area contributed by atoms with Gasteiger partial charge in [-0.1, -0.05) is 13.8 Å². The van der Waals surface area contributed by atoms with E-state index in [9.17, 15) is 9.59 Å². The van der Waals surface area contributed by atoms with Crippen molar-refractivity contribution in [1.29, 1.82) is 0 Å². The molecule has 2 amide bonds. The van der Waals surface area contributed by atoms with Crippen molar-refractivity contribution in [3.05, 3.63) is 21.9 Å². The minimum Gasteiger partial charge on any atom is -0.343 e. The van der Waals surface area contributed by atoms with Crippen LogP contribution < -0.4 is 5.32 Å². The molecule has 2 atom stereocenters. The second-order valence-corrected chi connectivity index (χ2v) is 7.42. The summed E-state index contributed by atoms with van der Waals surface area (Å²) < 4.78 is 0. The van der Waals surface area contributed by atoms with Crippen molar-refractivity contribution in [2.24, 2.45) is 5.92 Å². The molecule has 3 rings (SSSR count). The molecule has 1 aliphatic carbocycles. The number of carbonyl (C=O) groups excluding carboxylic acids is 2. The Bertz CT molecular complexity index is 552. The number of carbonyl (C=O) groups is 2. The Morgan fingerprint density at radius 3 is 3.00 bits per heavy atom. The Morgan fingerprint density at radius 1 is 1.43 bits per heavy atom. The Morgan fingerprint density at radius 2 is 2.24 bits per heavy atom. The molecule has 0 radical (unpaired) electrons. The first-order valence-electron chi connectivity index (χ1n) is 7.72. The van der Waals surface area contributed by atoms with E-state index in [2.05, 4.69) is 30.6 Å². The topological polar surface area (TPSA) is 49.4 Å². The lowest BCUT2D eigenvalue weighted by atomic mass is 9.91. The number of rotatable bonds is 3. The van der Waals surface area contributed by atoms with Crippen LogP contribution in [0.4, 0.5) is 0 Å². The first kappa shape index (κ1) is 14.6. The summed E-state index contributed by atoms with van der Waals surface area (Å²) in [5, 5.41) is 4.96. The van der Waals surface area contributed by atoms with E-state index < -0.39 is 0 Å². The summed E-state index contributed by atoms with van der Waals surface area (Å²) in [6, 6.07) is 1.87. The summed E-state index contributed by atoms with van der Waals surface area (Å²) in [5.74, 6) is 0.456. The van der Waals surface area contributed by atoms with E-state index in [4.69, 9.17) is 0 Å². The highest BCUT2D eigenvalue weighted by Crippen LogP contribution is 2.38. The molecule has 2 aliphatic rings. The van der Waals surface area contributed by atoms with Crippen LogP contribution in [0.5, 0.6) is 0 Å². The SMILES string of the molecule is CC(C)CC1NC(=O)CN(C2CCCc3sccc32)C1=O. The van der Waals surface area contributed by atoms with Gasteiger partial charge in [-0.15, -0.1) is 11.3 Å². The maximum Gasteiger partial charge on any atom is 0.246 e. The number of piperazine rings is 1. The molecule has 1 aliphatic heterocycles. The smallest absolute Gasteiger partial charge is 0.246 e. The van der Waals surface area contributed by atoms with Gasteiger partial charge in [0.15, 0.2) is 0 Å². The van der Waals surface area contributed by atoms with Gasteiger partial charge in [-0.3, -0.25) is 9.59 Å². The van der Waals surface area contributed by atoms with E-state index >= 15 is 0 Å². The van der Waals surface area contributed by atoms with E-state index in [1.807, 2.05) is 4.90 Å². The van der Waals surface area contributed by atoms with Crippen molar-refractivity contribution < 1.29 is 9.59 Å². The zero-order valence-corrected chi connectivity index (χ0v) is 13.4. The van der Waals surface area contributed by atoms with Crippen molar-refractivity contribution in [2.45, 2.75) is 51.6 Å². The van der Waals surface area contributed by atoms with Gasteiger partial charge < -0.3 is 10.2 Å². The number of nitrogens with zero attached hydrogens (tertiary/aromatic N) is 1. The molecule has 1 N–H and O–H groups in total. The Kier molecular flexibility index (Phi) is 4.02. The number of fused-ring (bicyclic) bond motifs is 1. The summed E-state index contributed by atoms with van der Waals surface area (Å²) in [6.07, 6.45) is 3.88. The summed E-state index contributed by atoms with van der Waals surface area (Å²) in [4.78, 5) is 27.9. The van der Waals surface area contributed by atoms with E-state index in [0.717, 1.165) is 19.3 Å². The quantitative estimate of drug-likeness (QED) is 0.933. The van der Waals surface area contributed by atoms with Crippen LogP contribution in [-0.4, -0.2) is 29.3 Å². The molecule has 1 fully saturated rings. The number of thiophene rings is 1. The van der Waals surface area contributed by atoms with E-state index in [-0.39, 0.29) is 30.4 Å². The fourth-order valence-electron chi connectivity index (χ4n) is 3.42. The van der Waals surface area contributed by atoms with Gasteiger partial charge in [0.05, 0.1) is 6.04 Å². The highest BCUT2D eigenvalue weighted by atomic mass is 32.1. The van der Waals surface area contributed by atoms with Crippen LogP contribution in [0.2, 0.25) is 0 Å². The van der Waals surface area contributed by atoms with Crippen LogP contribution in [0.15, 0.2) is 11.4 Å². The number of hydrogen-bond donors (Lipinski definition) is 1. The molecule has 2 heterocycles. The lowest BCUT2D eigenvalue weighted by molar-refractivity contribution is -0.147. The maximum atomic E-state index is 12.8. The van der Waals surface area contributed by atoms with Crippen molar-refractivity contribution in [1.82, 2.24) is 10.2 Å². The zero-order chi connectivity index (χ0) is 15.0. The molecular weight excluding hydrogens is 284 g/mol. The first-order valence-corrected chi connectivity index (χ1v) is 8.60. The largest absolute Gasteiger partial charge is 0.343 e. The van der Waals surface area contributed by atoms with Crippen molar-refractivity contribution in [3.63, 3.8) is 0 Å². The van der Waals surface area contributed by atoms with E-state index in [0.29, 0.717) is 12.3 Å². The van der Waals surface area contributed by atoms with Crippen molar-refractivity contribution in [3.8, 4) is 0 Å². The number of nitrogens with one attached hydrogen (secondary N) is 1. The maximum absolute atomic E-state index is 12.8. The minimum atomic E-state index is -0.352. The molecule has 114 valence electrons. The van der Waals surface area contributed by atoms with E-state index in [1.165, 1.54) is 10.4 Å². The van der Waals surface area contributed by atoms with Gasteiger partial charge in [0.25, 0.3) is 0 Å². The van der Waals surface area contributed by atoms with Crippen LogP contribution in [-0.2, 0) is 16.0 Å². The molecule has 4 nitrogen and oxygen atoms in total. The van der Waals surface area contributed by atoms with Crippen LogP contribution in [0.3, 0.4) is 0 Å². The Balaban J connectivity index is 1.85. The van der Waals surface area contributed by atoms with Crippen molar-refractivity contribution in [2.75, 3.05) is 6.54 Å². The summed E-state index contributed by atoms with van der Waals surface area (Å²) in [5.41, 5.74) is 1.26. The second-order valence-electron chi connectivity index (χ2n) is 6.42. The minimum absolute atomic E-state index is 0.0254. The lowest BCUT2D eigenvalue weighted by Gasteiger charge is -2.40. The third-order valence-corrected chi connectivity index (χ3v) is 5.33. The predicted molar refractivity (Wildman–Crippen MR) is 83.1 cm³/mol. The molecule has 1 saturated heterocycles. The van der Waals surface area contributed by atoms with Crippen molar-refractivity contribution >= 4 is 23.2 Å². The van der Waals surface area contributed by atoms with Gasteiger partial charge in [0, 0.05) is 4.88 Å². The lowest BCUT2D eigenvalue weighted by Crippen LogP contribution is -2.59. The van der Waals surface area contributed by atoms with Crippen LogP contribution in [0.1, 0.15) is 49.6 Å². The highest BCUT2D eigenvalue weighted by molar-refractivity contribution is 7.10. The fourth-order valence-corrected chi connectivity index (χ4v) is 4.40. The van der Waals surface area contributed by atoms with Crippen LogP contribution >= 0.6 is 11.3 Å². The molecule has 1 aromatic rings. The molecule has 1 aromatic heterocycles. The number of amides is 2. The zero-order valence-electron chi connectivity index (χ0n) is 12.6. The molecule has 0 spiro atoms. The molecule has 21 heavy (non-hydrogen) atoms. The Hall–Kier alpha value is -1.36. The average molecular weight is 306 g/mol. The molecule has 0 aromatic carbocycles. The predicted octanol–water partition coefficient (Wildman–Crippen LogP) is 2.50.